The Balaban J connectivity index is 1.93. The molecule has 0 spiro atoms. The molecule has 0 bridgehead atoms. The fraction of sp³-hybridized carbons (Fsp3) is 0.286. The van der Waals surface area contributed by atoms with Gasteiger partial charge in [0.2, 0.25) is 5.91 Å². The molecule has 0 aromatic heterocycles. The summed E-state index contributed by atoms with van der Waals surface area (Å²) in [6, 6.07) is 21.0. The molecule has 0 radical (unpaired) electrons. The monoisotopic (exact) mass is 528 g/mol. The maximum atomic E-state index is 13.6. The predicted octanol–water partition coefficient (Wildman–Crippen LogP) is 5.55. The zero-order valence-corrected chi connectivity index (χ0v) is 21.9. The minimum absolute atomic E-state index is 0.112. The largest absolute Gasteiger partial charge is 0.493 e. The molecule has 36 heavy (non-hydrogen) atoms. The van der Waals surface area contributed by atoms with Crippen molar-refractivity contribution in [2.24, 2.45) is 0 Å². The molecule has 0 saturated carbocycles. The van der Waals surface area contributed by atoms with E-state index in [0.29, 0.717) is 40.1 Å². The molecule has 190 valence electrons. The third kappa shape index (κ3) is 7.64. The molecule has 0 aliphatic heterocycles. The van der Waals surface area contributed by atoms with E-state index >= 15 is 0 Å². The maximum absolute atomic E-state index is 13.6. The SMILES string of the molecule is CCCNC(=O)[C@H](Cc1ccccc1)N(Cc1ccc(Cl)cc1Cl)C(=O)COc1ccccc1OC. The molecule has 1 N–H and O–H groups in total. The second kappa shape index (κ2) is 13.8. The van der Waals surface area contributed by atoms with Gasteiger partial charge in [-0.2, -0.15) is 0 Å². The number of hydrogen-bond donors (Lipinski definition) is 1. The van der Waals surface area contributed by atoms with Crippen LogP contribution in [-0.4, -0.2) is 43.0 Å². The van der Waals surface area contributed by atoms with Crippen molar-refractivity contribution in [2.45, 2.75) is 32.4 Å². The molecule has 0 heterocycles. The van der Waals surface area contributed by atoms with Gasteiger partial charge < -0.3 is 19.7 Å². The van der Waals surface area contributed by atoms with Crippen molar-refractivity contribution in [3.63, 3.8) is 0 Å². The highest BCUT2D eigenvalue weighted by Crippen LogP contribution is 2.27. The number of para-hydroxylation sites is 2. The van der Waals surface area contributed by atoms with Gasteiger partial charge in [-0.25, -0.2) is 0 Å². The number of nitrogens with one attached hydrogen (secondary N) is 1. The van der Waals surface area contributed by atoms with Crippen LogP contribution in [0.5, 0.6) is 11.5 Å². The number of benzene rings is 3. The van der Waals surface area contributed by atoms with Crippen LogP contribution in [-0.2, 0) is 22.6 Å². The van der Waals surface area contributed by atoms with Crippen molar-refractivity contribution in [3.8, 4) is 11.5 Å². The van der Waals surface area contributed by atoms with E-state index in [1.165, 1.54) is 12.0 Å². The van der Waals surface area contributed by atoms with E-state index in [9.17, 15) is 9.59 Å². The first-order valence-electron chi connectivity index (χ1n) is 11.7. The average molecular weight is 529 g/mol. The summed E-state index contributed by atoms with van der Waals surface area (Å²) >= 11 is 12.5. The highest BCUT2D eigenvalue weighted by molar-refractivity contribution is 6.35. The lowest BCUT2D eigenvalue weighted by Crippen LogP contribution is -2.51. The van der Waals surface area contributed by atoms with E-state index in [2.05, 4.69) is 5.32 Å². The molecule has 3 aromatic carbocycles. The minimum Gasteiger partial charge on any atom is -0.493 e. The topological polar surface area (TPSA) is 67.9 Å². The summed E-state index contributed by atoms with van der Waals surface area (Å²) in [5.41, 5.74) is 1.60. The minimum atomic E-state index is -0.778. The van der Waals surface area contributed by atoms with E-state index in [-0.39, 0.29) is 25.0 Å². The molecule has 2 amide bonds. The average Bonchev–Trinajstić information content (AvgIpc) is 2.89. The number of halogens is 2. The quantitative estimate of drug-likeness (QED) is 0.334. The Morgan fingerprint density at radius 1 is 0.972 bits per heavy atom. The molecule has 0 aliphatic rings. The molecule has 8 heteroatoms. The Hall–Kier alpha value is -3.22. The van der Waals surface area contributed by atoms with Crippen LogP contribution in [0.1, 0.15) is 24.5 Å². The lowest BCUT2D eigenvalue weighted by molar-refractivity contribution is -0.142. The summed E-state index contributed by atoms with van der Waals surface area (Å²) in [6.45, 7) is 2.31. The summed E-state index contributed by atoms with van der Waals surface area (Å²) in [4.78, 5) is 28.5. The van der Waals surface area contributed by atoms with Crippen LogP contribution >= 0.6 is 23.2 Å². The second-order valence-electron chi connectivity index (χ2n) is 8.19. The normalized spacial score (nSPS) is 11.4. The first kappa shape index (κ1) is 27.4. The molecule has 6 nitrogen and oxygen atoms in total. The zero-order valence-electron chi connectivity index (χ0n) is 20.4. The van der Waals surface area contributed by atoms with Gasteiger partial charge in [0.1, 0.15) is 6.04 Å². The van der Waals surface area contributed by atoms with Gasteiger partial charge in [0, 0.05) is 29.6 Å². The van der Waals surface area contributed by atoms with E-state index in [1.807, 2.05) is 43.3 Å². The molecule has 3 rings (SSSR count). The summed E-state index contributed by atoms with van der Waals surface area (Å²) in [5.74, 6) is 0.350. The molecular formula is C28H30Cl2N2O4. The Morgan fingerprint density at radius 2 is 1.67 bits per heavy atom. The van der Waals surface area contributed by atoms with Gasteiger partial charge in [-0.15, -0.1) is 0 Å². The number of rotatable bonds is 12. The van der Waals surface area contributed by atoms with Crippen LogP contribution in [0, 0.1) is 0 Å². The van der Waals surface area contributed by atoms with Crippen LogP contribution in [0.25, 0.3) is 0 Å². The van der Waals surface area contributed by atoms with E-state index in [1.54, 1.807) is 36.4 Å². The van der Waals surface area contributed by atoms with Gasteiger partial charge in [0.25, 0.3) is 5.91 Å². The van der Waals surface area contributed by atoms with E-state index < -0.39 is 6.04 Å². The molecule has 3 aromatic rings. The molecule has 0 aliphatic carbocycles. The third-order valence-corrected chi connectivity index (χ3v) is 6.18. The second-order valence-corrected chi connectivity index (χ2v) is 9.04. The molecular weight excluding hydrogens is 499 g/mol. The highest BCUT2D eigenvalue weighted by Gasteiger charge is 2.31. The van der Waals surface area contributed by atoms with Crippen molar-refractivity contribution in [2.75, 3.05) is 20.3 Å². The van der Waals surface area contributed by atoms with Crippen LogP contribution in [0.3, 0.4) is 0 Å². The van der Waals surface area contributed by atoms with Crippen molar-refractivity contribution >= 4 is 35.0 Å². The van der Waals surface area contributed by atoms with Gasteiger partial charge in [-0.1, -0.05) is 78.7 Å². The van der Waals surface area contributed by atoms with Gasteiger partial charge in [0.15, 0.2) is 18.1 Å². The third-order valence-electron chi connectivity index (χ3n) is 5.60. The first-order valence-corrected chi connectivity index (χ1v) is 12.5. The number of carbonyl (C=O) groups excluding carboxylic acids is 2. The van der Waals surface area contributed by atoms with Crippen molar-refractivity contribution < 1.29 is 19.1 Å². The van der Waals surface area contributed by atoms with Crippen LogP contribution < -0.4 is 14.8 Å². The highest BCUT2D eigenvalue weighted by atomic mass is 35.5. The van der Waals surface area contributed by atoms with Gasteiger partial charge >= 0.3 is 0 Å². The standard InChI is InChI=1S/C28H30Cl2N2O4/c1-3-15-31-28(34)24(16-20-9-5-4-6-10-20)32(18-21-13-14-22(29)17-23(21)30)27(33)19-36-26-12-8-7-11-25(26)35-2/h4-14,17,24H,3,15-16,18-19H2,1-2H3,(H,31,34)/t24-/m0/s1. The Morgan fingerprint density at radius 3 is 2.33 bits per heavy atom. The Kier molecular flexibility index (Phi) is 10.5. The number of nitrogens with zero attached hydrogens (tertiary/aromatic N) is 1. The zero-order chi connectivity index (χ0) is 25.9. The molecule has 0 unspecified atom stereocenters. The summed E-state index contributed by atoms with van der Waals surface area (Å²) in [7, 11) is 1.53. The van der Waals surface area contributed by atoms with E-state index in [4.69, 9.17) is 32.7 Å². The smallest absolute Gasteiger partial charge is 0.261 e. The fourth-order valence-electron chi connectivity index (χ4n) is 3.71. The number of ether oxygens (including phenoxy) is 2. The van der Waals surface area contributed by atoms with Gasteiger partial charge in [-0.05, 0) is 41.8 Å². The van der Waals surface area contributed by atoms with Crippen molar-refractivity contribution in [3.05, 3.63) is 94.0 Å². The molecule has 0 fully saturated rings. The lowest BCUT2D eigenvalue weighted by Gasteiger charge is -2.31. The number of carbonyl (C=O) groups is 2. The lowest BCUT2D eigenvalue weighted by atomic mass is 10.0. The summed E-state index contributed by atoms with van der Waals surface area (Å²) in [5, 5.41) is 3.85. The number of methoxy groups -OCH3 is 1. The maximum Gasteiger partial charge on any atom is 0.261 e. The molecule has 0 saturated heterocycles. The van der Waals surface area contributed by atoms with E-state index in [0.717, 1.165) is 12.0 Å². The first-order chi connectivity index (χ1) is 17.4. The van der Waals surface area contributed by atoms with Crippen molar-refractivity contribution in [1.29, 1.82) is 0 Å². The van der Waals surface area contributed by atoms with Crippen LogP contribution in [0.15, 0.2) is 72.8 Å². The van der Waals surface area contributed by atoms with Crippen molar-refractivity contribution in [1.82, 2.24) is 10.2 Å². The molecule has 1 atom stereocenters. The summed E-state index contributed by atoms with van der Waals surface area (Å²) in [6.07, 6.45) is 1.11. The van der Waals surface area contributed by atoms with Gasteiger partial charge in [-0.3, -0.25) is 9.59 Å². The Labute approximate surface area is 222 Å². The predicted molar refractivity (Wildman–Crippen MR) is 143 cm³/mol. The van der Waals surface area contributed by atoms with Gasteiger partial charge in [0.05, 0.1) is 7.11 Å². The number of hydrogen-bond acceptors (Lipinski definition) is 4. The fourth-order valence-corrected chi connectivity index (χ4v) is 4.18. The van der Waals surface area contributed by atoms with Crippen LogP contribution in [0.4, 0.5) is 0 Å². The van der Waals surface area contributed by atoms with Crippen LogP contribution in [0.2, 0.25) is 10.0 Å². The number of amides is 2. The summed E-state index contributed by atoms with van der Waals surface area (Å²) < 4.78 is 11.1. The Bertz CT molecular complexity index is 1160.